The van der Waals surface area contributed by atoms with Crippen LogP contribution in [0.1, 0.15) is 194 Å². The third kappa shape index (κ3) is 45.0. The maximum absolute atomic E-state index is 12.6. The number of hydrogen-bond acceptors (Lipinski definition) is 7. The smallest absolute Gasteiger partial charge is 0.457 e. The van der Waals surface area contributed by atoms with Crippen molar-refractivity contribution in [3.8, 4) is 0 Å². The van der Waals surface area contributed by atoms with Crippen molar-refractivity contribution in [2.45, 2.75) is 200 Å². The first kappa shape index (κ1) is 55.9. The number of rotatable bonds is 44. The summed E-state index contributed by atoms with van der Waals surface area (Å²) in [7, 11) is -4.29. The van der Waals surface area contributed by atoms with Crippen LogP contribution in [-0.2, 0) is 27.9 Å². The molecule has 336 valence electrons. The van der Waals surface area contributed by atoms with Gasteiger partial charge in [-0.3, -0.25) is 13.8 Å². The maximum atomic E-state index is 12.6. The molecule has 0 aliphatic carbocycles. The highest BCUT2D eigenvalue weighted by Crippen LogP contribution is 2.43. The van der Waals surface area contributed by atoms with Gasteiger partial charge in [0.1, 0.15) is 6.10 Å². The number of unbranched alkanes of at least 4 members (excludes halogenated alkanes) is 19. The Kier molecular flexibility index (Phi) is 44.4. The standard InChI is InChI=1S/C49H88NO7P/c1-3-5-7-9-11-13-15-17-19-21-23-24-25-26-28-30-32-34-36-38-40-42-49(51)57-48(47-56-58(52,53)55-45-43-50)46-54-44-41-39-37-35-33-31-29-27-22-20-18-16-14-12-10-8-6-4-2/h5,7,11-14,17-20,23-24,48H,3-4,6,8-10,15-16,21-22,25-47,50H2,1-2H3,(H,52,53)/b7-5-,13-11-,14-12-,19-17-,20-18-,24-23-. The van der Waals surface area contributed by atoms with Gasteiger partial charge in [-0.15, -0.1) is 0 Å². The summed E-state index contributed by atoms with van der Waals surface area (Å²) < 4.78 is 33.5. The first-order valence-electron chi connectivity index (χ1n) is 23.4. The van der Waals surface area contributed by atoms with Gasteiger partial charge in [-0.25, -0.2) is 4.57 Å². The van der Waals surface area contributed by atoms with E-state index in [4.69, 9.17) is 24.3 Å². The van der Waals surface area contributed by atoms with E-state index in [2.05, 4.69) is 86.8 Å². The summed E-state index contributed by atoms with van der Waals surface area (Å²) in [4.78, 5) is 22.5. The first-order valence-corrected chi connectivity index (χ1v) is 24.9. The number of esters is 1. The Labute approximate surface area is 356 Å². The van der Waals surface area contributed by atoms with Crippen LogP contribution in [0.3, 0.4) is 0 Å². The molecule has 2 atom stereocenters. The second-order valence-corrected chi connectivity index (χ2v) is 16.7. The van der Waals surface area contributed by atoms with Gasteiger partial charge >= 0.3 is 13.8 Å². The predicted molar refractivity (Wildman–Crippen MR) is 247 cm³/mol. The molecule has 0 aliphatic rings. The number of ether oxygens (including phenoxy) is 2. The minimum Gasteiger partial charge on any atom is -0.457 e. The van der Waals surface area contributed by atoms with Crippen LogP contribution in [0.2, 0.25) is 0 Å². The van der Waals surface area contributed by atoms with Crippen LogP contribution in [0.4, 0.5) is 0 Å². The number of phosphoric ester groups is 1. The fourth-order valence-corrected chi connectivity index (χ4v) is 6.96. The molecule has 0 saturated heterocycles. The summed E-state index contributed by atoms with van der Waals surface area (Å²) in [6.07, 6.45) is 57.7. The molecule has 0 rings (SSSR count). The zero-order chi connectivity index (χ0) is 42.3. The lowest BCUT2D eigenvalue weighted by atomic mass is 10.1. The fourth-order valence-electron chi connectivity index (χ4n) is 6.19. The van der Waals surface area contributed by atoms with Gasteiger partial charge in [0.25, 0.3) is 0 Å². The van der Waals surface area contributed by atoms with Crippen LogP contribution < -0.4 is 5.73 Å². The zero-order valence-corrected chi connectivity index (χ0v) is 38.2. The molecule has 0 saturated carbocycles. The van der Waals surface area contributed by atoms with E-state index >= 15 is 0 Å². The van der Waals surface area contributed by atoms with Crippen LogP contribution in [0, 0.1) is 0 Å². The molecule has 0 radical (unpaired) electrons. The third-order valence-electron chi connectivity index (χ3n) is 9.61. The maximum Gasteiger partial charge on any atom is 0.472 e. The summed E-state index contributed by atoms with van der Waals surface area (Å²) >= 11 is 0. The third-order valence-corrected chi connectivity index (χ3v) is 10.6. The van der Waals surface area contributed by atoms with Crippen molar-refractivity contribution < 1.29 is 32.8 Å². The minimum atomic E-state index is -4.29. The average molecular weight is 834 g/mol. The second-order valence-electron chi connectivity index (χ2n) is 15.2. The van der Waals surface area contributed by atoms with Crippen LogP contribution >= 0.6 is 7.82 Å². The van der Waals surface area contributed by atoms with Crippen molar-refractivity contribution in [1.29, 1.82) is 0 Å². The molecule has 0 amide bonds. The Balaban J connectivity index is 4.03. The van der Waals surface area contributed by atoms with Crippen molar-refractivity contribution in [2.24, 2.45) is 5.73 Å². The monoisotopic (exact) mass is 834 g/mol. The second kappa shape index (κ2) is 46.0. The Morgan fingerprint density at radius 3 is 1.45 bits per heavy atom. The van der Waals surface area contributed by atoms with Crippen molar-refractivity contribution in [2.75, 3.05) is 33.0 Å². The predicted octanol–water partition coefficient (Wildman–Crippen LogP) is 14.3. The van der Waals surface area contributed by atoms with Gasteiger partial charge in [0.05, 0.1) is 19.8 Å². The molecule has 58 heavy (non-hydrogen) atoms. The van der Waals surface area contributed by atoms with E-state index in [0.29, 0.717) is 13.0 Å². The van der Waals surface area contributed by atoms with Gasteiger partial charge in [-0.05, 0) is 83.5 Å². The van der Waals surface area contributed by atoms with Crippen LogP contribution in [0.15, 0.2) is 72.9 Å². The Bertz CT molecular complexity index is 1120. The van der Waals surface area contributed by atoms with Crippen molar-refractivity contribution in [3.05, 3.63) is 72.9 Å². The molecule has 9 heteroatoms. The summed E-state index contributed by atoms with van der Waals surface area (Å²) in [5.41, 5.74) is 5.38. The Morgan fingerprint density at radius 1 is 0.534 bits per heavy atom. The number of carbonyl (C=O) groups excluding carboxylic acids is 1. The quantitative estimate of drug-likeness (QED) is 0.0270. The summed E-state index contributed by atoms with van der Waals surface area (Å²) in [6.45, 7) is 4.76. The van der Waals surface area contributed by atoms with E-state index in [1.54, 1.807) is 0 Å². The molecule has 3 N–H and O–H groups in total. The number of hydrogen-bond donors (Lipinski definition) is 2. The molecule has 0 bridgehead atoms. The largest absolute Gasteiger partial charge is 0.472 e. The molecule has 0 aromatic carbocycles. The average Bonchev–Trinajstić information content (AvgIpc) is 3.21. The van der Waals surface area contributed by atoms with E-state index in [0.717, 1.165) is 70.6 Å². The van der Waals surface area contributed by atoms with E-state index in [1.807, 2.05) is 0 Å². The van der Waals surface area contributed by atoms with E-state index in [-0.39, 0.29) is 32.3 Å². The minimum absolute atomic E-state index is 0.0945. The fraction of sp³-hybridized carbons (Fsp3) is 0.735. The summed E-state index contributed by atoms with van der Waals surface area (Å²) in [5.74, 6) is -0.343. The van der Waals surface area contributed by atoms with Crippen molar-refractivity contribution in [1.82, 2.24) is 0 Å². The van der Waals surface area contributed by atoms with Gasteiger partial charge in [-0.1, -0.05) is 177 Å². The number of allylic oxidation sites excluding steroid dienone is 12. The number of phosphoric acid groups is 1. The molecule has 0 heterocycles. The van der Waals surface area contributed by atoms with E-state index in [1.165, 1.54) is 103 Å². The highest BCUT2D eigenvalue weighted by Gasteiger charge is 2.25. The Morgan fingerprint density at radius 2 is 0.966 bits per heavy atom. The lowest BCUT2D eigenvalue weighted by Crippen LogP contribution is -2.28. The van der Waals surface area contributed by atoms with Gasteiger partial charge in [0.2, 0.25) is 0 Å². The highest BCUT2D eigenvalue weighted by atomic mass is 31.2. The van der Waals surface area contributed by atoms with Crippen LogP contribution in [-0.4, -0.2) is 49.9 Å². The van der Waals surface area contributed by atoms with E-state index < -0.39 is 13.9 Å². The molecular weight excluding hydrogens is 746 g/mol. The zero-order valence-electron chi connectivity index (χ0n) is 37.3. The Hall–Kier alpha value is -2.06. The van der Waals surface area contributed by atoms with Gasteiger partial charge in [0, 0.05) is 19.6 Å². The molecule has 0 aromatic heterocycles. The van der Waals surface area contributed by atoms with E-state index in [9.17, 15) is 14.3 Å². The summed E-state index contributed by atoms with van der Waals surface area (Å²) in [6, 6.07) is 0. The lowest BCUT2D eigenvalue weighted by Gasteiger charge is -2.20. The molecule has 0 spiro atoms. The normalized spacial score (nSPS) is 14.1. The van der Waals surface area contributed by atoms with Crippen molar-refractivity contribution in [3.63, 3.8) is 0 Å². The molecule has 0 fully saturated rings. The molecule has 8 nitrogen and oxygen atoms in total. The first-order chi connectivity index (χ1) is 28.4. The van der Waals surface area contributed by atoms with Gasteiger partial charge in [0.15, 0.2) is 0 Å². The number of carbonyl (C=O) groups is 1. The van der Waals surface area contributed by atoms with Gasteiger partial charge < -0.3 is 20.1 Å². The molecular formula is C49H88NO7P. The van der Waals surface area contributed by atoms with Crippen molar-refractivity contribution >= 4 is 13.8 Å². The summed E-state index contributed by atoms with van der Waals surface area (Å²) in [5, 5.41) is 0. The van der Waals surface area contributed by atoms with Crippen LogP contribution in [0.25, 0.3) is 0 Å². The lowest BCUT2D eigenvalue weighted by molar-refractivity contribution is -0.154. The SMILES string of the molecule is CC/C=C\C/C=C\C/C=C\C/C=C\CCCCCCCCCCC(=O)OC(COCCCCCCCCCC/C=C\C/C=C\CCCCC)COP(=O)(O)OCCN. The topological polar surface area (TPSA) is 117 Å². The molecule has 0 aliphatic heterocycles. The van der Waals surface area contributed by atoms with Crippen LogP contribution in [0.5, 0.6) is 0 Å². The molecule has 0 aromatic rings. The number of nitrogens with two attached hydrogens (primary N) is 1. The highest BCUT2D eigenvalue weighted by molar-refractivity contribution is 7.47. The molecule has 2 unspecified atom stereocenters. The van der Waals surface area contributed by atoms with Gasteiger partial charge in [-0.2, -0.15) is 0 Å².